The third-order valence-electron chi connectivity index (χ3n) is 5.70. The fourth-order valence-electron chi connectivity index (χ4n) is 3.91. The maximum atomic E-state index is 11.5. The SMILES string of the molecule is O=c1[nH]c(O)c(C=c2cnn3c(=NC4CC4)nc(-n4cnc(CN5CCCC5)c4)nc23)[nH]1. The van der Waals surface area contributed by atoms with E-state index in [1.807, 2.05) is 6.20 Å². The maximum absolute atomic E-state index is 11.5. The van der Waals surface area contributed by atoms with E-state index in [0.29, 0.717) is 22.4 Å². The molecule has 3 N–H and O–H groups in total. The maximum Gasteiger partial charge on any atom is 0.326 e. The molecule has 1 saturated heterocycles. The molecule has 1 aliphatic carbocycles. The molecule has 1 aliphatic heterocycles. The lowest BCUT2D eigenvalue weighted by Gasteiger charge is -2.11. The number of H-pyrrole nitrogens is 2. The number of hydrogen-bond donors (Lipinski definition) is 3. The van der Waals surface area contributed by atoms with E-state index in [1.54, 1.807) is 27.7 Å². The van der Waals surface area contributed by atoms with Gasteiger partial charge in [-0.25, -0.2) is 14.8 Å². The minimum absolute atomic E-state index is 0.243. The van der Waals surface area contributed by atoms with E-state index < -0.39 is 5.69 Å². The molecular formula is C20H22N10O2. The predicted octanol–water partition coefficient (Wildman–Crippen LogP) is -0.761. The molecule has 5 heterocycles. The molecule has 2 fully saturated rings. The lowest BCUT2D eigenvalue weighted by Crippen LogP contribution is -2.25. The van der Waals surface area contributed by atoms with E-state index in [1.165, 1.54) is 12.8 Å². The number of nitrogens with one attached hydrogen (secondary N) is 2. The van der Waals surface area contributed by atoms with Crippen molar-refractivity contribution in [3.63, 3.8) is 0 Å². The number of nitrogens with zero attached hydrogens (tertiary/aromatic N) is 8. The van der Waals surface area contributed by atoms with Crippen LogP contribution in [0.3, 0.4) is 0 Å². The Balaban J connectivity index is 1.46. The van der Waals surface area contributed by atoms with Gasteiger partial charge in [0.2, 0.25) is 11.8 Å². The van der Waals surface area contributed by atoms with E-state index in [2.05, 4.69) is 29.9 Å². The Morgan fingerprint density at radius 1 is 1.22 bits per heavy atom. The number of aromatic nitrogens is 8. The minimum atomic E-state index is -0.492. The van der Waals surface area contributed by atoms with Crippen LogP contribution in [0.15, 0.2) is 28.5 Å². The highest BCUT2D eigenvalue weighted by Crippen LogP contribution is 2.22. The first-order valence-electron chi connectivity index (χ1n) is 10.7. The molecule has 0 bridgehead atoms. The van der Waals surface area contributed by atoms with Crippen LogP contribution in [0.1, 0.15) is 37.1 Å². The molecule has 164 valence electrons. The van der Waals surface area contributed by atoms with Crippen LogP contribution in [0.2, 0.25) is 0 Å². The minimum Gasteiger partial charge on any atom is -0.493 e. The van der Waals surface area contributed by atoms with Gasteiger partial charge in [0, 0.05) is 18.0 Å². The molecule has 6 rings (SSSR count). The number of rotatable bonds is 5. The first-order valence-corrected chi connectivity index (χ1v) is 10.7. The summed E-state index contributed by atoms with van der Waals surface area (Å²) in [5.41, 5.74) is 1.71. The molecule has 1 saturated carbocycles. The van der Waals surface area contributed by atoms with Gasteiger partial charge in [-0.1, -0.05) is 0 Å². The molecule has 0 unspecified atom stereocenters. The molecule has 2 aliphatic rings. The lowest BCUT2D eigenvalue weighted by atomic mass is 10.3. The predicted molar refractivity (Wildman–Crippen MR) is 113 cm³/mol. The van der Waals surface area contributed by atoms with Crippen LogP contribution >= 0.6 is 0 Å². The third-order valence-corrected chi connectivity index (χ3v) is 5.70. The Hall–Kier alpha value is -3.80. The van der Waals surface area contributed by atoms with Crippen molar-refractivity contribution in [2.45, 2.75) is 38.3 Å². The molecule has 0 atom stereocenters. The molecule has 0 spiro atoms. The molecular weight excluding hydrogens is 412 g/mol. The zero-order chi connectivity index (χ0) is 21.7. The standard InChI is InChI=1S/C20H22N10O2/c31-17-15(24-20(32)26-17)7-12-8-22-30-16(12)25-18(27-19(30)23-13-3-4-13)29-10-14(21-11-29)9-28-5-1-2-6-28/h7-8,10-11,13,31H,1-6,9H2,(H2,24,26,32). The molecule has 0 amide bonds. The second-order valence-corrected chi connectivity index (χ2v) is 8.26. The van der Waals surface area contributed by atoms with Gasteiger partial charge in [0.15, 0.2) is 5.65 Å². The Labute approximate surface area is 181 Å². The van der Waals surface area contributed by atoms with Crippen molar-refractivity contribution in [2.24, 2.45) is 4.99 Å². The van der Waals surface area contributed by atoms with Crippen molar-refractivity contribution in [3.05, 3.63) is 51.4 Å². The Morgan fingerprint density at radius 3 is 2.81 bits per heavy atom. The summed E-state index contributed by atoms with van der Waals surface area (Å²) < 4.78 is 3.38. The van der Waals surface area contributed by atoms with Crippen LogP contribution in [-0.4, -0.2) is 68.2 Å². The monoisotopic (exact) mass is 434 g/mol. The van der Waals surface area contributed by atoms with E-state index in [0.717, 1.165) is 38.2 Å². The quantitative estimate of drug-likeness (QED) is 0.374. The summed E-state index contributed by atoms with van der Waals surface area (Å²) in [7, 11) is 0. The highest BCUT2D eigenvalue weighted by Gasteiger charge is 2.21. The molecule has 32 heavy (non-hydrogen) atoms. The number of hydrogen-bond acceptors (Lipinski definition) is 8. The summed E-state index contributed by atoms with van der Waals surface area (Å²) in [5.74, 6) is 0.201. The molecule has 12 heteroatoms. The zero-order valence-corrected chi connectivity index (χ0v) is 17.3. The number of aromatic hydroxyl groups is 1. The van der Waals surface area contributed by atoms with Crippen molar-refractivity contribution in [2.75, 3.05) is 13.1 Å². The van der Waals surface area contributed by atoms with Crippen LogP contribution in [0.5, 0.6) is 5.88 Å². The van der Waals surface area contributed by atoms with Gasteiger partial charge < -0.3 is 10.1 Å². The van der Waals surface area contributed by atoms with Crippen LogP contribution < -0.4 is 16.5 Å². The summed E-state index contributed by atoms with van der Waals surface area (Å²) >= 11 is 0. The van der Waals surface area contributed by atoms with E-state index in [4.69, 9.17) is 9.98 Å². The smallest absolute Gasteiger partial charge is 0.326 e. The van der Waals surface area contributed by atoms with Crippen molar-refractivity contribution in [1.29, 1.82) is 0 Å². The average molecular weight is 434 g/mol. The van der Waals surface area contributed by atoms with Crippen molar-refractivity contribution >= 4 is 11.7 Å². The molecule has 4 aromatic heterocycles. The van der Waals surface area contributed by atoms with Crippen LogP contribution in [0, 0.1) is 0 Å². The Kier molecular flexibility index (Phi) is 4.38. The van der Waals surface area contributed by atoms with Crippen molar-refractivity contribution in [3.8, 4) is 11.8 Å². The Morgan fingerprint density at radius 2 is 2.06 bits per heavy atom. The van der Waals surface area contributed by atoms with E-state index in [9.17, 15) is 9.90 Å². The molecule has 0 radical (unpaired) electrons. The van der Waals surface area contributed by atoms with Crippen LogP contribution in [0.4, 0.5) is 0 Å². The highest BCUT2D eigenvalue weighted by atomic mass is 16.3. The second kappa shape index (κ2) is 7.41. The second-order valence-electron chi connectivity index (χ2n) is 8.26. The largest absolute Gasteiger partial charge is 0.493 e. The number of likely N-dealkylation sites (tertiary alicyclic amines) is 1. The summed E-state index contributed by atoms with van der Waals surface area (Å²) in [6, 6.07) is 0.246. The first kappa shape index (κ1) is 18.9. The van der Waals surface area contributed by atoms with Gasteiger partial charge in [0.05, 0.1) is 17.9 Å². The third kappa shape index (κ3) is 3.58. The fraction of sp³-hybridized carbons (Fsp3) is 0.400. The van der Waals surface area contributed by atoms with E-state index in [-0.39, 0.29) is 17.6 Å². The summed E-state index contributed by atoms with van der Waals surface area (Å²) in [5, 5.41) is 14.9. The van der Waals surface area contributed by atoms with Gasteiger partial charge in [-0.05, 0) is 44.8 Å². The summed E-state index contributed by atoms with van der Waals surface area (Å²) in [6.07, 6.45) is 11.4. The number of fused-ring (bicyclic) bond motifs is 1. The van der Waals surface area contributed by atoms with Crippen molar-refractivity contribution in [1.82, 2.24) is 44.0 Å². The van der Waals surface area contributed by atoms with Gasteiger partial charge in [-0.3, -0.25) is 14.5 Å². The molecule has 4 aromatic rings. The van der Waals surface area contributed by atoms with Crippen molar-refractivity contribution < 1.29 is 5.11 Å². The topological polar surface area (TPSA) is 145 Å². The molecule has 0 aromatic carbocycles. The van der Waals surface area contributed by atoms with Gasteiger partial charge in [0.1, 0.15) is 12.0 Å². The Bertz CT molecular complexity index is 1470. The fourth-order valence-corrected chi connectivity index (χ4v) is 3.91. The van der Waals surface area contributed by atoms with Crippen LogP contribution in [0.25, 0.3) is 17.7 Å². The zero-order valence-electron chi connectivity index (χ0n) is 17.3. The number of aromatic amines is 2. The average Bonchev–Trinajstić information content (AvgIpc) is 3.17. The van der Waals surface area contributed by atoms with Gasteiger partial charge in [-0.2, -0.15) is 19.6 Å². The van der Waals surface area contributed by atoms with Gasteiger partial charge >= 0.3 is 5.69 Å². The highest BCUT2D eigenvalue weighted by molar-refractivity contribution is 5.56. The summed E-state index contributed by atoms with van der Waals surface area (Å²) in [6.45, 7) is 3.01. The lowest BCUT2D eigenvalue weighted by molar-refractivity contribution is 0.327. The van der Waals surface area contributed by atoms with E-state index >= 15 is 0 Å². The summed E-state index contributed by atoms with van der Waals surface area (Å²) in [4.78, 5) is 37.3. The first-order chi connectivity index (χ1) is 15.6. The number of imidazole rings is 2. The normalized spacial score (nSPS) is 18.4. The molecule has 12 nitrogen and oxygen atoms in total. The van der Waals surface area contributed by atoms with Gasteiger partial charge in [-0.15, -0.1) is 0 Å². The van der Waals surface area contributed by atoms with Gasteiger partial charge in [0.25, 0.3) is 5.62 Å². The van der Waals surface area contributed by atoms with Crippen LogP contribution in [-0.2, 0) is 6.54 Å².